The Bertz CT molecular complexity index is 639. The molecule has 1 aromatic carbocycles. The first-order valence-electron chi connectivity index (χ1n) is 8.47. The molecule has 1 fully saturated rings. The van der Waals surface area contributed by atoms with Crippen LogP contribution in [-0.2, 0) is 9.59 Å². The zero-order valence-corrected chi connectivity index (χ0v) is 17.6. The topological polar surface area (TPSA) is 87.7 Å². The normalized spacial score (nSPS) is 19.5. The average molecular weight is 369 g/mol. The van der Waals surface area contributed by atoms with Crippen LogP contribution in [0.5, 0.6) is 11.5 Å². The van der Waals surface area contributed by atoms with Crippen LogP contribution >= 0.6 is 0 Å². The van der Waals surface area contributed by atoms with E-state index in [-0.39, 0.29) is 41.5 Å². The second kappa shape index (κ2) is 11.3. The van der Waals surface area contributed by atoms with Gasteiger partial charge in [-0.05, 0) is 55.4 Å². The van der Waals surface area contributed by atoms with Crippen LogP contribution in [0.2, 0.25) is 0 Å². The Balaban J connectivity index is 0.00000338. The Hall–Kier alpha value is -1.50. The molecular formula is C19H24NNaO5. The van der Waals surface area contributed by atoms with Crippen LogP contribution in [0.25, 0.3) is 6.08 Å². The third-order valence-corrected chi connectivity index (χ3v) is 4.32. The SMILES string of the molecule is COc1cc(C=CC(=O)NC2CCC(C)CC2)ccc1OCC(=O)[O-].[Na+]. The Labute approximate surface area is 176 Å². The predicted octanol–water partition coefficient (Wildman–Crippen LogP) is -1.46. The van der Waals surface area contributed by atoms with Gasteiger partial charge in [-0.25, -0.2) is 0 Å². The number of rotatable bonds is 7. The van der Waals surface area contributed by atoms with Crippen LogP contribution in [0, 0.1) is 5.92 Å². The molecule has 0 bridgehead atoms. The summed E-state index contributed by atoms with van der Waals surface area (Å²) in [5, 5.41) is 13.5. The average Bonchev–Trinajstić information content (AvgIpc) is 2.60. The van der Waals surface area contributed by atoms with Crippen LogP contribution in [0.15, 0.2) is 24.3 Å². The van der Waals surface area contributed by atoms with Crippen molar-refractivity contribution in [3.05, 3.63) is 29.8 Å². The van der Waals surface area contributed by atoms with Gasteiger partial charge in [-0.15, -0.1) is 0 Å². The van der Waals surface area contributed by atoms with Gasteiger partial charge in [-0.2, -0.15) is 0 Å². The fourth-order valence-electron chi connectivity index (χ4n) is 2.87. The predicted molar refractivity (Wildman–Crippen MR) is 92.1 cm³/mol. The Kier molecular flexibility index (Phi) is 9.76. The molecule has 6 nitrogen and oxygen atoms in total. The summed E-state index contributed by atoms with van der Waals surface area (Å²) >= 11 is 0. The molecule has 2 rings (SSSR count). The quantitative estimate of drug-likeness (QED) is 0.469. The van der Waals surface area contributed by atoms with Gasteiger partial charge < -0.3 is 24.7 Å². The third kappa shape index (κ3) is 7.40. The minimum absolute atomic E-state index is 0. The molecule has 1 amide bonds. The fourth-order valence-corrected chi connectivity index (χ4v) is 2.87. The Morgan fingerprint density at radius 3 is 2.54 bits per heavy atom. The molecule has 1 aliphatic carbocycles. The van der Waals surface area contributed by atoms with Gasteiger partial charge in [0.25, 0.3) is 0 Å². The molecular weight excluding hydrogens is 345 g/mol. The number of methoxy groups -OCH3 is 1. The maximum Gasteiger partial charge on any atom is 1.00 e. The first kappa shape index (κ1) is 22.5. The zero-order valence-electron chi connectivity index (χ0n) is 15.6. The van der Waals surface area contributed by atoms with Crippen LogP contribution in [-0.4, -0.2) is 31.6 Å². The van der Waals surface area contributed by atoms with Gasteiger partial charge in [0.1, 0.15) is 6.61 Å². The molecule has 1 saturated carbocycles. The molecule has 0 radical (unpaired) electrons. The smallest absolute Gasteiger partial charge is 0.546 e. The molecule has 1 aromatic rings. The summed E-state index contributed by atoms with van der Waals surface area (Å²) in [7, 11) is 1.46. The number of carbonyl (C=O) groups excluding carboxylic acids is 2. The van der Waals surface area contributed by atoms with Gasteiger partial charge in [-0.1, -0.05) is 13.0 Å². The number of carboxylic acid groups (broad SMARTS) is 1. The Morgan fingerprint density at radius 1 is 1.23 bits per heavy atom. The van der Waals surface area contributed by atoms with E-state index >= 15 is 0 Å². The largest absolute Gasteiger partial charge is 1.00 e. The van der Waals surface area contributed by atoms with E-state index in [2.05, 4.69) is 12.2 Å². The molecule has 0 spiro atoms. The number of nitrogens with one attached hydrogen (secondary N) is 1. The number of hydrogen-bond acceptors (Lipinski definition) is 5. The molecule has 7 heteroatoms. The minimum Gasteiger partial charge on any atom is -0.546 e. The van der Waals surface area contributed by atoms with Crippen molar-refractivity contribution in [2.45, 2.75) is 38.6 Å². The van der Waals surface area contributed by atoms with E-state index in [0.717, 1.165) is 37.2 Å². The van der Waals surface area contributed by atoms with Crippen molar-refractivity contribution in [3.8, 4) is 11.5 Å². The molecule has 1 N–H and O–H groups in total. The Morgan fingerprint density at radius 2 is 1.92 bits per heavy atom. The molecule has 0 atom stereocenters. The molecule has 1 aliphatic rings. The zero-order chi connectivity index (χ0) is 18.2. The first-order valence-corrected chi connectivity index (χ1v) is 8.47. The molecule has 0 aliphatic heterocycles. The van der Waals surface area contributed by atoms with Crippen molar-refractivity contribution in [2.75, 3.05) is 13.7 Å². The summed E-state index contributed by atoms with van der Waals surface area (Å²) in [6.07, 6.45) is 7.54. The maximum atomic E-state index is 12.0. The monoisotopic (exact) mass is 369 g/mol. The summed E-state index contributed by atoms with van der Waals surface area (Å²) in [6, 6.07) is 5.25. The maximum absolute atomic E-state index is 12.0. The first-order chi connectivity index (χ1) is 12.0. The van der Waals surface area contributed by atoms with Crippen LogP contribution < -0.4 is 49.5 Å². The van der Waals surface area contributed by atoms with Gasteiger partial charge in [-0.3, -0.25) is 4.79 Å². The number of amides is 1. The van der Waals surface area contributed by atoms with E-state index in [1.807, 2.05) is 0 Å². The summed E-state index contributed by atoms with van der Waals surface area (Å²) < 4.78 is 10.3. The van der Waals surface area contributed by atoms with E-state index in [0.29, 0.717) is 11.5 Å². The fraction of sp³-hybridized carbons (Fsp3) is 0.474. The molecule has 0 aromatic heterocycles. The van der Waals surface area contributed by atoms with Crippen molar-refractivity contribution in [3.63, 3.8) is 0 Å². The van der Waals surface area contributed by atoms with E-state index in [1.54, 1.807) is 24.3 Å². The summed E-state index contributed by atoms with van der Waals surface area (Å²) in [5.74, 6) is 0.0269. The number of aliphatic carboxylic acids is 1. The minimum atomic E-state index is -1.31. The second-order valence-corrected chi connectivity index (χ2v) is 6.37. The van der Waals surface area contributed by atoms with Crippen LogP contribution in [0.4, 0.5) is 0 Å². The summed E-state index contributed by atoms with van der Waals surface area (Å²) in [5.41, 5.74) is 0.755. The van der Waals surface area contributed by atoms with Crippen molar-refractivity contribution in [1.29, 1.82) is 0 Å². The standard InChI is InChI=1S/C19H25NO5.Na/c1-13-3-7-15(8-4-13)20-18(21)10-6-14-5-9-16(17(11-14)24-2)25-12-19(22)23;/h5-6,9-11,13,15H,3-4,7-8,12H2,1-2H3,(H,20,21)(H,22,23);/q;+1/p-1. The van der Waals surface area contributed by atoms with Gasteiger partial charge in [0, 0.05) is 12.1 Å². The molecule has 0 unspecified atom stereocenters. The summed E-state index contributed by atoms with van der Waals surface area (Å²) in [4.78, 5) is 22.5. The number of carboxylic acids is 1. The van der Waals surface area contributed by atoms with Gasteiger partial charge in [0.15, 0.2) is 11.5 Å². The number of ether oxygens (including phenoxy) is 2. The van der Waals surface area contributed by atoms with Gasteiger partial charge >= 0.3 is 29.6 Å². The van der Waals surface area contributed by atoms with E-state index < -0.39 is 12.6 Å². The molecule has 136 valence electrons. The number of benzene rings is 1. The van der Waals surface area contributed by atoms with Crippen LogP contribution in [0.3, 0.4) is 0 Å². The van der Waals surface area contributed by atoms with Crippen molar-refractivity contribution in [1.82, 2.24) is 5.32 Å². The summed E-state index contributed by atoms with van der Waals surface area (Å²) in [6.45, 7) is 1.69. The molecule has 0 heterocycles. The van der Waals surface area contributed by atoms with Crippen molar-refractivity contribution in [2.24, 2.45) is 5.92 Å². The van der Waals surface area contributed by atoms with E-state index in [9.17, 15) is 14.7 Å². The number of hydrogen-bond donors (Lipinski definition) is 1. The second-order valence-electron chi connectivity index (χ2n) is 6.37. The van der Waals surface area contributed by atoms with Crippen LogP contribution in [0.1, 0.15) is 38.2 Å². The molecule has 0 saturated heterocycles. The van der Waals surface area contributed by atoms with Crippen molar-refractivity contribution >= 4 is 18.0 Å². The van der Waals surface area contributed by atoms with E-state index in [4.69, 9.17) is 9.47 Å². The molecule has 26 heavy (non-hydrogen) atoms. The third-order valence-electron chi connectivity index (χ3n) is 4.32. The van der Waals surface area contributed by atoms with Crippen molar-refractivity contribution < 1.29 is 53.7 Å². The number of carbonyl (C=O) groups is 2. The van der Waals surface area contributed by atoms with Gasteiger partial charge in [0.2, 0.25) is 5.91 Å². The van der Waals surface area contributed by atoms with E-state index in [1.165, 1.54) is 13.2 Å². The van der Waals surface area contributed by atoms with Gasteiger partial charge in [0.05, 0.1) is 13.1 Å².